The maximum Gasteiger partial charge on any atom is 0.322 e. The fraction of sp³-hybridized carbons (Fsp3) is 0.500. The number of carbonyl (C=O) groups is 1. The molecule has 1 aromatic carbocycles. The number of carboxylic acids is 1. The molecule has 2 saturated heterocycles. The first-order valence-corrected chi connectivity index (χ1v) is 9.43. The van der Waals surface area contributed by atoms with Gasteiger partial charge in [-0.05, 0) is 44.1 Å². The van der Waals surface area contributed by atoms with Crippen LogP contribution in [0.25, 0.3) is 0 Å². The molecule has 9 heteroatoms. The molecule has 0 radical (unpaired) electrons. The summed E-state index contributed by atoms with van der Waals surface area (Å²) in [7, 11) is -3.97. The molecule has 2 heterocycles. The second kappa shape index (κ2) is 6.22. The van der Waals surface area contributed by atoms with Gasteiger partial charge in [0.2, 0.25) is 10.0 Å². The van der Waals surface area contributed by atoms with Crippen LogP contribution in [0.3, 0.4) is 0 Å². The summed E-state index contributed by atoms with van der Waals surface area (Å²) in [5.74, 6) is -1.13. The average Bonchev–Trinajstić information content (AvgIpc) is 2.81. The van der Waals surface area contributed by atoms with E-state index in [9.17, 15) is 18.3 Å². The Bertz CT molecular complexity index is 716. The highest BCUT2D eigenvalue weighted by atomic mass is 35.5. The van der Waals surface area contributed by atoms with E-state index in [2.05, 4.69) is 4.90 Å². The summed E-state index contributed by atoms with van der Waals surface area (Å²) >= 11 is 11.8. The van der Waals surface area contributed by atoms with Gasteiger partial charge in [-0.2, -0.15) is 4.31 Å². The highest BCUT2D eigenvalue weighted by Gasteiger charge is 2.46. The first-order valence-electron chi connectivity index (χ1n) is 7.24. The Hall–Kier alpha value is -0.860. The Kier molecular flexibility index (Phi) is 4.59. The Morgan fingerprint density at radius 2 is 1.78 bits per heavy atom. The van der Waals surface area contributed by atoms with E-state index in [0.29, 0.717) is 6.42 Å². The van der Waals surface area contributed by atoms with Crippen molar-refractivity contribution < 1.29 is 18.3 Å². The molecular weight excluding hydrogens is 363 g/mol. The minimum atomic E-state index is -3.97. The molecule has 2 fully saturated rings. The summed E-state index contributed by atoms with van der Waals surface area (Å²) in [4.78, 5) is 13.6. The molecule has 6 nitrogen and oxygen atoms in total. The van der Waals surface area contributed by atoms with E-state index < -0.39 is 22.0 Å². The van der Waals surface area contributed by atoms with Crippen molar-refractivity contribution in [2.24, 2.45) is 0 Å². The first kappa shape index (κ1) is 17.0. The van der Waals surface area contributed by atoms with Crippen LogP contribution in [-0.2, 0) is 14.8 Å². The van der Waals surface area contributed by atoms with Crippen molar-refractivity contribution in [1.29, 1.82) is 0 Å². The highest BCUT2D eigenvalue weighted by molar-refractivity contribution is 7.89. The third-order valence-corrected chi connectivity index (χ3v) is 6.66. The van der Waals surface area contributed by atoms with Crippen molar-refractivity contribution in [3.8, 4) is 0 Å². The first-order chi connectivity index (χ1) is 10.8. The number of likely N-dealkylation sites (tertiary alicyclic amines) is 1. The largest absolute Gasteiger partial charge is 0.480 e. The second-order valence-corrected chi connectivity index (χ2v) is 8.58. The van der Waals surface area contributed by atoms with Gasteiger partial charge in [-0.25, -0.2) is 8.42 Å². The minimum absolute atomic E-state index is 0.0609. The summed E-state index contributed by atoms with van der Waals surface area (Å²) in [5.41, 5.74) is 0. The van der Waals surface area contributed by atoms with E-state index >= 15 is 0 Å². The molecule has 0 aromatic heterocycles. The molecule has 1 aromatic rings. The maximum atomic E-state index is 12.9. The van der Waals surface area contributed by atoms with Crippen molar-refractivity contribution in [3.63, 3.8) is 0 Å². The van der Waals surface area contributed by atoms with Gasteiger partial charge in [0.1, 0.15) is 6.04 Å². The van der Waals surface area contributed by atoms with E-state index in [0.717, 1.165) is 23.8 Å². The molecule has 0 spiro atoms. The van der Waals surface area contributed by atoms with Crippen molar-refractivity contribution in [3.05, 3.63) is 28.2 Å². The number of sulfonamides is 1. The number of rotatable bonds is 4. The van der Waals surface area contributed by atoms with Crippen molar-refractivity contribution >= 4 is 39.2 Å². The van der Waals surface area contributed by atoms with Crippen LogP contribution >= 0.6 is 23.2 Å². The quantitative estimate of drug-likeness (QED) is 0.865. The topological polar surface area (TPSA) is 77.9 Å². The Morgan fingerprint density at radius 3 is 2.26 bits per heavy atom. The zero-order valence-corrected chi connectivity index (χ0v) is 14.5. The predicted octanol–water partition coefficient (Wildman–Crippen LogP) is 1.92. The molecule has 0 aliphatic carbocycles. The molecule has 1 N–H and O–H groups in total. The summed E-state index contributed by atoms with van der Waals surface area (Å²) in [6, 6.07) is 2.89. The summed E-state index contributed by atoms with van der Waals surface area (Å²) < 4.78 is 26.8. The van der Waals surface area contributed by atoms with Crippen molar-refractivity contribution in [2.75, 3.05) is 19.6 Å². The number of nitrogens with zero attached hydrogens (tertiary/aromatic N) is 2. The molecule has 2 aliphatic rings. The molecule has 0 unspecified atom stereocenters. The van der Waals surface area contributed by atoms with Gasteiger partial charge in [-0.3, -0.25) is 9.69 Å². The van der Waals surface area contributed by atoms with Crippen LogP contribution < -0.4 is 0 Å². The van der Waals surface area contributed by atoms with Crippen LogP contribution in [0.15, 0.2) is 23.1 Å². The standard InChI is InChI=1S/C14H16Cl2N2O4S/c15-9-4-10(16)6-12(5-9)23(21,22)18-8-11(17-2-1-3-17)7-13(18)14(19)20/h4-6,11,13H,1-3,7-8H2,(H,19,20)/t11-,13+/m1/s1. The average molecular weight is 379 g/mol. The van der Waals surface area contributed by atoms with Gasteiger partial charge in [0.15, 0.2) is 0 Å². The van der Waals surface area contributed by atoms with Gasteiger partial charge >= 0.3 is 5.97 Å². The smallest absolute Gasteiger partial charge is 0.322 e. The third kappa shape index (κ3) is 3.21. The number of hydrogen-bond acceptors (Lipinski definition) is 4. The lowest BCUT2D eigenvalue weighted by atomic mass is 10.1. The van der Waals surface area contributed by atoms with Crippen LogP contribution in [0, 0.1) is 0 Å². The molecule has 2 atom stereocenters. The number of aliphatic carboxylic acids is 1. The van der Waals surface area contributed by atoms with Gasteiger partial charge in [0.25, 0.3) is 0 Å². The number of hydrogen-bond donors (Lipinski definition) is 1. The Morgan fingerprint density at radius 1 is 1.17 bits per heavy atom. The van der Waals surface area contributed by atoms with Crippen LogP contribution in [0.2, 0.25) is 10.0 Å². The van der Waals surface area contributed by atoms with Gasteiger partial charge in [-0.1, -0.05) is 23.2 Å². The van der Waals surface area contributed by atoms with Crippen molar-refractivity contribution in [1.82, 2.24) is 9.21 Å². The zero-order valence-electron chi connectivity index (χ0n) is 12.2. The fourth-order valence-corrected chi connectivity index (χ4v) is 5.42. The van der Waals surface area contributed by atoms with Crippen molar-refractivity contribution in [2.45, 2.75) is 29.8 Å². The van der Waals surface area contributed by atoms with Gasteiger partial charge < -0.3 is 5.11 Å². The number of benzene rings is 1. The van der Waals surface area contributed by atoms with E-state index in [-0.39, 0.29) is 27.5 Å². The van der Waals surface area contributed by atoms with Crippen LogP contribution in [0.5, 0.6) is 0 Å². The van der Waals surface area contributed by atoms with Crippen LogP contribution in [0.4, 0.5) is 0 Å². The molecule has 0 bridgehead atoms. The predicted molar refractivity (Wildman–Crippen MR) is 86.4 cm³/mol. The summed E-state index contributed by atoms with van der Waals surface area (Å²) in [6.45, 7) is 1.94. The summed E-state index contributed by atoms with van der Waals surface area (Å²) in [5, 5.41) is 9.81. The molecule has 0 saturated carbocycles. The van der Waals surface area contributed by atoms with Gasteiger partial charge in [0.05, 0.1) is 4.90 Å². The third-order valence-electron chi connectivity index (χ3n) is 4.37. The number of halogens is 2. The van der Waals surface area contributed by atoms with E-state index in [1.807, 2.05) is 0 Å². The highest BCUT2D eigenvalue weighted by Crippen LogP contribution is 2.32. The minimum Gasteiger partial charge on any atom is -0.480 e. The van der Waals surface area contributed by atoms with Crippen LogP contribution in [-0.4, -0.2) is 60.4 Å². The normalized spacial score (nSPS) is 26.2. The van der Waals surface area contributed by atoms with E-state index in [4.69, 9.17) is 23.2 Å². The lowest BCUT2D eigenvalue weighted by Gasteiger charge is -2.36. The SMILES string of the molecule is O=C(O)[C@@H]1C[C@@H](N2CCC2)CN1S(=O)(=O)c1cc(Cl)cc(Cl)c1. The van der Waals surface area contributed by atoms with Crippen LogP contribution in [0.1, 0.15) is 12.8 Å². The fourth-order valence-electron chi connectivity index (χ4n) is 3.06. The molecule has 23 heavy (non-hydrogen) atoms. The summed E-state index contributed by atoms with van der Waals surface area (Å²) in [6.07, 6.45) is 1.35. The monoisotopic (exact) mass is 378 g/mol. The Balaban J connectivity index is 1.94. The lowest BCUT2D eigenvalue weighted by molar-refractivity contribution is -0.140. The lowest BCUT2D eigenvalue weighted by Crippen LogP contribution is -2.46. The molecule has 0 amide bonds. The number of carboxylic acid groups (broad SMARTS) is 1. The second-order valence-electron chi connectivity index (χ2n) is 5.81. The maximum absolute atomic E-state index is 12.9. The molecular formula is C14H16Cl2N2O4S. The van der Waals surface area contributed by atoms with Gasteiger partial charge in [0, 0.05) is 22.6 Å². The van der Waals surface area contributed by atoms with Gasteiger partial charge in [-0.15, -0.1) is 0 Å². The zero-order chi connectivity index (χ0) is 16.8. The Labute approximate surface area is 144 Å². The van der Waals surface area contributed by atoms with E-state index in [1.54, 1.807) is 0 Å². The molecule has 126 valence electrons. The van der Waals surface area contributed by atoms with E-state index in [1.165, 1.54) is 18.2 Å². The molecule has 2 aliphatic heterocycles. The molecule has 3 rings (SSSR count).